The second-order valence-corrected chi connectivity index (χ2v) is 5.88. The Morgan fingerprint density at radius 2 is 2.00 bits per heavy atom. The van der Waals surface area contributed by atoms with Gasteiger partial charge >= 0.3 is 0 Å². The zero-order valence-corrected chi connectivity index (χ0v) is 13.3. The molecular formula is C18H16ClN3O. The molecule has 0 aromatic heterocycles. The van der Waals surface area contributed by atoms with Crippen LogP contribution < -0.4 is 10.2 Å². The largest absolute Gasteiger partial charge is 0.381 e. The lowest BCUT2D eigenvalue weighted by molar-refractivity contribution is -0.117. The molecule has 2 aromatic carbocycles. The van der Waals surface area contributed by atoms with E-state index in [2.05, 4.69) is 5.32 Å². The minimum atomic E-state index is 0.197. The van der Waals surface area contributed by atoms with E-state index in [1.165, 1.54) is 0 Å². The molecule has 1 heterocycles. The first-order valence-electron chi connectivity index (χ1n) is 7.50. The van der Waals surface area contributed by atoms with Crippen molar-refractivity contribution in [3.63, 3.8) is 0 Å². The number of nitrogens with one attached hydrogen (secondary N) is 1. The fourth-order valence-corrected chi connectivity index (χ4v) is 2.86. The van der Waals surface area contributed by atoms with Gasteiger partial charge < -0.3 is 10.2 Å². The molecule has 3 rings (SSSR count). The monoisotopic (exact) mass is 325 g/mol. The molecule has 0 radical (unpaired) electrons. The highest BCUT2D eigenvalue weighted by Gasteiger charge is 2.21. The number of benzene rings is 2. The van der Waals surface area contributed by atoms with E-state index in [0.29, 0.717) is 23.6 Å². The van der Waals surface area contributed by atoms with E-state index in [9.17, 15) is 4.79 Å². The van der Waals surface area contributed by atoms with Gasteiger partial charge in [-0.2, -0.15) is 5.26 Å². The van der Waals surface area contributed by atoms with Gasteiger partial charge in [-0.05, 0) is 42.3 Å². The summed E-state index contributed by atoms with van der Waals surface area (Å²) in [4.78, 5) is 13.6. The predicted octanol–water partition coefficient (Wildman–Crippen LogP) is 3.95. The Morgan fingerprint density at radius 3 is 2.61 bits per heavy atom. The van der Waals surface area contributed by atoms with E-state index in [-0.39, 0.29) is 5.91 Å². The lowest BCUT2D eigenvalue weighted by atomic mass is 10.1. The normalized spacial score (nSPS) is 13.9. The number of halogens is 1. The van der Waals surface area contributed by atoms with Gasteiger partial charge in [0.2, 0.25) is 5.91 Å². The Labute approximate surface area is 140 Å². The molecule has 1 amide bonds. The Morgan fingerprint density at radius 1 is 1.22 bits per heavy atom. The SMILES string of the molecule is N#Cc1ccc(NCc2ccc(N3CCCC3=O)cc2)cc1Cl. The summed E-state index contributed by atoms with van der Waals surface area (Å²) < 4.78 is 0. The molecule has 1 saturated heterocycles. The average Bonchev–Trinajstić information content (AvgIpc) is 2.99. The maximum atomic E-state index is 11.7. The molecule has 0 aliphatic carbocycles. The molecule has 116 valence electrons. The molecule has 0 unspecified atom stereocenters. The molecule has 4 nitrogen and oxygen atoms in total. The minimum Gasteiger partial charge on any atom is -0.381 e. The van der Waals surface area contributed by atoms with Gasteiger partial charge in [0, 0.05) is 30.9 Å². The summed E-state index contributed by atoms with van der Waals surface area (Å²) in [5.41, 5.74) is 3.41. The highest BCUT2D eigenvalue weighted by molar-refractivity contribution is 6.32. The molecule has 1 aliphatic heterocycles. The van der Waals surface area contributed by atoms with Crippen molar-refractivity contribution in [2.75, 3.05) is 16.8 Å². The molecule has 5 heteroatoms. The fourth-order valence-electron chi connectivity index (χ4n) is 2.63. The summed E-state index contributed by atoms with van der Waals surface area (Å²) in [5, 5.41) is 12.6. The van der Waals surface area contributed by atoms with Gasteiger partial charge in [0.15, 0.2) is 0 Å². The van der Waals surface area contributed by atoms with Crippen LogP contribution in [-0.2, 0) is 11.3 Å². The highest BCUT2D eigenvalue weighted by Crippen LogP contribution is 2.23. The van der Waals surface area contributed by atoms with E-state index in [1.54, 1.807) is 12.1 Å². The first kappa shape index (κ1) is 15.4. The van der Waals surface area contributed by atoms with Crippen molar-refractivity contribution in [1.82, 2.24) is 0 Å². The second-order valence-electron chi connectivity index (χ2n) is 5.48. The smallest absolute Gasteiger partial charge is 0.227 e. The molecule has 0 bridgehead atoms. The zero-order chi connectivity index (χ0) is 16.2. The second kappa shape index (κ2) is 6.72. The molecule has 23 heavy (non-hydrogen) atoms. The number of nitrogens with zero attached hydrogens (tertiary/aromatic N) is 2. The van der Waals surface area contributed by atoms with Crippen LogP contribution in [0.15, 0.2) is 42.5 Å². The summed E-state index contributed by atoms with van der Waals surface area (Å²) in [6.07, 6.45) is 1.57. The third-order valence-electron chi connectivity index (χ3n) is 3.91. The van der Waals surface area contributed by atoms with Gasteiger partial charge in [-0.25, -0.2) is 0 Å². The first-order valence-corrected chi connectivity index (χ1v) is 7.88. The Balaban J connectivity index is 1.64. The molecule has 0 spiro atoms. The number of carbonyl (C=O) groups is 1. The number of nitriles is 1. The molecule has 0 saturated carbocycles. The number of hydrogen-bond acceptors (Lipinski definition) is 3. The summed E-state index contributed by atoms with van der Waals surface area (Å²) in [5.74, 6) is 0.197. The van der Waals surface area contributed by atoms with E-state index >= 15 is 0 Å². The first-order chi connectivity index (χ1) is 11.2. The van der Waals surface area contributed by atoms with Crippen molar-refractivity contribution in [2.24, 2.45) is 0 Å². The van der Waals surface area contributed by atoms with Crippen molar-refractivity contribution in [1.29, 1.82) is 5.26 Å². The topological polar surface area (TPSA) is 56.1 Å². The highest BCUT2D eigenvalue weighted by atomic mass is 35.5. The molecule has 2 aromatic rings. The molecule has 1 N–H and O–H groups in total. The van der Waals surface area contributed by atoms with Crippen molar-refractivity contribution < 1.29 is 4.79 Å². The lowest BCUT2D eigenvalue weighted by Crippen LogP contribution is -2.23. The van der Waals surface area contributed by atoms with Gasteiger partial charge in [0.1, 0.15) is 6.07 Å². The third kappa shape index (κ3) is 3.46. The number of anilines is 2. The van der Waals surface area contributed by atoms with Crippen LogP contribution in [0.4, 0.5) is 11.4 Å². The molecule has 0 atom stereocenters. The lowest BCUT2D eigenvalue weighted by Gasteiger charge is -2.16. The van der Waals surface area contributed by atoms with Crippen LogP contribution in [0.2, 0.25) is 5.02 Å². The van der Waals surface area contributed by atoms with E-state index < -0.39 is 0 Å². The standard InChI is InChI=1S/C18H16ClN3O/c19-17-10-15(6-5-14(17)11-20)21-12-13-3-7-16(8-4-13)22-9-1-2-18(22)23/h3-8,10,21H,1-2,9,12H2. The van der Waals surface area contributed by atoms with Crippen LogP contribution >= 0.6 is 11.6 Å². The van der Waals surface area contributed by atoms with Crippen molar-refractivity contribution >= 4 is 28.9 Å². The number of carbonyl (C=O) groups excluding carboxylic acids is 1. The Hall–Kier alpha value is -2.51. The minimum absolute atomic E-state index is 0.197. The van der Waals surface area contributed by atoms with Gasteiger partial charge in [-0.3, -0.25) is 4.79 Å². The van der Waals surface area contributed by atoms with Crippen LogP contribution in [0.25, 0.3) is 0 Å². The van der Waals surface area contributed by atoms with Crippen LogP contribution in [0, 0.1) is 11.3 Å². The number of amides is 1. The van der Waals surface area contributed by atoms with Crippen LogP contribution in [-0.4, -0.2) is 12.5 Å². The van der Waals surface area contributed by atoms with E-state index in [4.69, 9.17) is 16.9 Å². The molecule has 1 fully saturated rings. The quantitative estimate of drug-likeness (QED) is 0.926. The van der Waals surface area contributed by atoms with Crippen LogP contribution in [0.1, 0.15) is 24.0 Å². The maximum Gasteiger partial charge on any atom is 0.227 e. The molecule has 1 aliphatic rings. The summed E-state index contributed by atoms with van der Waals surface area (Å²) in [6.45, 7) is 1.45. The van der Waals surface area contributed by atoms with Gasteiger partial charge in [0.25, 0.3) is 0 Å². The zero-order valence-electron chi connectivity index (χ0n) is 12.6. The number of hydrogen-bond donors (Lipinski definition) is 1. The van der Waals surface area contributed by atoms with E-state index in [0.717, 1.165) is 29.9 Å². The predicted molar refractivity (Wildman–Crippen MR) is 91.5 cm³/mol. The maximum absolute atomic E-state index is 11.7. The van der Waals surface area contributed by atoms with E-state index in [1.807, 2.05) is 41.3 Å². The van der Waals surface area contributed by atoms with Gasteiger partial charge in [-0.15, -0.1) is 0 Å². The van der Waals surface area contributed by atoms with Crippen molar-refractivity contribution in [3.05, 3.63) is 58.6 Å². The number of rotatable bonds is 4. The Bertz CT molecular complexity index is 765. The third-order valence-corrected chi connectivity index (χ3v) is 4.22. The van der Waals surface area contributed by atoms with Crippen molar-refractivity contribution in [2.45, 2.75) is 19.4 Å². The fraction of sp³-hybridized carbons (Fsp3) is 0.222. The summed E-state index contributed by atoms with van der Waals surface area (Å²) >= 11 is 6.02. The Kier molecular flexibility index (Phi) is 4.50. The molecular weight excluding hydrogens is 310 g/mol. The van der Waals surface area contributed by atoms with Crippen LogP contribution in [0.5, 0.6) is 0 Å². The van der Waals surface area contributed by atoms with Crippen LogP contribution in [0.3, 0.4) is 0 Å². The summed E-state index contributed by atoms with van der Waals surface area (Å²) in [7, 11) is 0. The summed E-state index contributed by atoms with van der Waals surface area (Å²) in [6, 6.07) is 15.3. The van der Waals surface area contributed by atoms with Crippen molar-refractivity contribution in [3.8, 4) is 6.07 Å². The van der Waals surface area contributed by atoms with Gasteiger partial charge in [0.05, 0.1) is 10.6 Å². The average molecular weight is 326 g/mol. The van der Waals surface area contributed by atoms with Gasteiger partial charge in [-0.1, -0.05) is 23.7 Å².